The Bertz CT molecular complexity index is 356. The third-order valence-corrected chi connectivity index (χ3v) is 3.58. The van der Waals surface area contributed by atoms with Crippen LogP contribution in [0.1, 0.15) is 25.0 Å². The van der Waals surface area contributed by atoms with Crippen LogP contribution in [0.4, 0.5) is 5.69 Å². The number of fused-ring (bicyclic) bond motifs is 1. The second kappa shape index (κ2) is 4.88. The molecule has 2 rings (SSSR count). The molecule has 1 aliphatic rings. The zero-order valence-corrected chi connectivity index (χ0v) is 10.6. The lowest BCUT2D eigenvalue weighted by atomic mass is 9.97. The normalized spacial score (nSPS) is 19.4. The van der Waals surface area contributed by atoms with Gasteiger partial charge in [-0.05, 0) is 43.6 Å². The molecule has 0 saturated heterocycles. The summed E-state index contributed by atoms with van der Waals surface area (Å²) in [5.74, 6) is 0. The number of hydrogen-bond acceptors (Lipinski definition) is 2. The molecule has 2 heteroatoms. The average Bonchev–Trinajstić information content (AvgIpc) is 2.31. The van der Waals surface area contributed by atoms with Gasteiger partial charge in [0.2, 0.25) is 0 Å². The van der Waals surface area contributed by atoms with E-state index >= 15 is 0 Å². The van der Waals surface area contributed by atoms with E-state index in [1.54, 1.807) is 0 Å². The second-order valence-corrected chi connectivity index (χ2v) is 4.62. The quantitative estimate of drug-likeness (QED) is 0.839. The molecular formula is C14H22N2. The van der Waals surface area contributed by atoms with Crippen LogP contribution in [0.2, 0.25) is 0 Å². The van der Waals surface area contributed by atoms with Crippen molar-refractivity contribution >= 4 is 5.69 Å². The van der Waals surface area contributed by atoms with Gasteiger partial charge in [-0.25, -0.2) is 0 Å². The summed E-state index contributed by atoms with van der Waals surface area (Å²) in [6.45, 7) is 10.0. The highest BCUT2D eigenvalue weighted by Gasteiger charge is 2.21. The first kappa shape index (κ1) is 11.5. The largest absolute Gasteiger partial charge is 0.383 e. The number of benzene rings is 1. The van der Waals surface area contributed by atoms with E-state index in [0.717, 1.165) is 19.6 Å². The first-order valence-corrected chi connectivity index (χ1v) is 6.32. The molecule has 0 radical (unpaired) electrons. The Balaban J connectivity index is 2.14. The van der Waals surface area contributed by atoms with Gasteiger partial charge in [0.1, 0.15) is 0 Å². The third kappa shape index (κ3) is 2.22. The highest BCUT2D eigenvalue weighted by Crippen LogP contribution is 2.24. The lowest BCUT2D eigenvalue weighted by Crippen LogP contribution is -2.43. The van der Waals surface area contributed by atoms with Gasteiger partial charge in [-0.2, -0.15) is 0 Å². The summed E-state index contributed by atoms with van der Waals surface area (Å²) in [6.07, 6.45) is 1.18. The summed E-state index contributed by atoms with van der Waals surface area (Å²) in [5, 5.41) is 3.56. The molecule has 0 aromatic heterocycles. The Morgan fingerprint density at radius 1 is 1.31 bits per heavy atom. The molecule has 16 heavy (non-hydrogen) atoms. The molecule has 2 nitrogen and oxygen atoms in total. The highest BCUT2D eigenvalue weighted by molar-refractivity contribution is 5.55. The van der Waals surface area contributed by atoms with Crippen LogP contribution in [0.15, 0.2) is 18.2 Å². The van der Waals surface area contributed by atoms with Crippen LogP contribution in [0.3, 0.4) is 0 Å². The molecule has 1 atom stereocenters. The van der Waals surface area contributed by atoms with Crippen LogP contribution in [-0.2, 0) is 6.42 Å². The van der Waals surface area contributed by atoms with E-state index in [1.165, 1.54) is 23.2 Å². The Kier molecular flexibility index (Phi) is 3.49. The van der Waals surface area contributed by atoms with Crippen LogP contribution in [0.25, 0.3) is 0 Å². The van der Waals surface area contributed by atoms with E-state index in [0.29, 0.717) is 6.04 Å². The standard InChI is InChI=1S/C14H22N2/c1-4-16(5-2)13-9-12-7-6-11(3)8-14(12)15-10-13/h6-8,13,15H,4-5,9-10H2,1-3H3. The Labute approximate surface area is 98.7 Å². The van der Waals surface area contributed by atoms with Crippen LogP contribution in [0.5, 0.6) is 0 Å². The molecule has 0 fully saturated rings. The molecule has 1 unspecified atom stereocenters. The van der Waals surface area contributed by atoms with Crippen molar-refractivity contribution < 1.29 is 0 Å². The van der Waals surface area contributed by atoms with E-state index in [4.69, 9.17) is 0 Å². The zero-order valence-electron chi connectivity index (χ0n) is 10.6. The highest BCUT2D eigenvalue weighted by atomic mass is 15.2. The fraction of sp³-hybridized carbons (Fsp3) is 0.571. The molecule has 1 aliphatic heterocycles. The van der Waals surface area contributed by atoms with Crippen LogP contribution >= 0.6 is 0 Å². The van der Waals surface area contributed by atoms with Crippen LogP contribution in [0, 0.1) is 6.92 Å². The lowest BCUT2D eigenvalue weighted by molar-refractivity contribution is 0.221. The number of anilines is 1. The lowest BCUT2D eigenvalue weighted by Gasteiger charge is -2.34. The number of aryl methyl sites for hydroxylation is 1. The summed E-state index contributed by atoms with van der Waals surface area (Å²) in [4.78, 5) is 2.54. The fourth-order valence-corrected chi connectivity index (χ4v) is 2.58. The third-order valence-electron chi connectivity index (χ3n) is 3.58. The summed E-state index contributed by atoms with van der Waals surface area (Å²) in [6, 6.07) is 7.40. The van der Waals surface area contributed by atoms with E-state index in [2.05, 4.69) is 49.2 Å². The number of hydrogen-bond donors (Lipinski definition) is 1. The van der Waals surface area contributed by atoms with Crippen molar-refractivity contribution in [2.24, 2.45) is 0 Å². The van der Waals surface area contributed by atoms with Crippen molar-refractivity contribution in [3.8, 4) is 0 Å². The van der Waals surface area contributed by atoms with Crippen molar-refractivity contribution in [2.45, 2.75) is 33.2 Å². The monoisotopic (exact) mass is 218 g/mol. The molecule has 0 spiro atoms. The molecule has 1 heterocycles. The summed E-state index contributed by atoms with van der Waals surface area (Å²) in [7, 11) is 0. The molecule has 0 amide bonds. The minimum Gasteiger partial charge on any atom is -0.383 e. The van der Waals surface area contributed by atoms with Crippen LogP contribution in [-0.4, -0.2) is 30.6 Å². The van der Waals surface area contributed by atoms with Crippen molar-refractivity contribution in [2.75, 3.05) is 25.0 Å². The maximum Gasteiger partial charge on any atom is 0.0376 e. The second-order valence-electron chi connectivity index (χ2n) is 4.62. The SMILES string of the molecule is CCN(CC)C1CNc2cc(C)ccc2C1. The molecule has 1 aromatic carbocycles. The summed E-state index contributed by atoms with van der Waals surface area (Å²) >= 11 is 0. The van der Waals surface area contributed by atoms with Gasteiger partial charge in [-0.3, -0.25) is 4.90 Å². The molecule has 1 aromatic rings. The van der Waals surface area contributed by atoms with Gasteiger partial charge in [0, 0.05) is 18.3 Å². The number of nitrogens with zero attached hydrogens (tertiary/aromatic N) is 1. The molecule has 0 aliphatic carbocycles. The summed E-state index contributed by atoms with van der Waals surface area (Å²) in [5.41, 5.74) is 4.14. The van der Waals surface area contributed by atoms with Gasteiger partial charge in [0.25, 0.3) is 0 Å². The average molecular weight is 218 g/mol. The first-order chi connectivity index (χ1) is 7.74. The Hall–Kier alpha value is -1.02. The fourth-order valence-electron chi connectivity index (χ4n) is 2.58. The van der Waals surface area contributed by atoms with E-state index in [1.807, 2.05) is 0 Å². The van der Waals surface area contributed by atoms with E-state index < -0.39 is 0 Å². The number of rotatable bonds is 3. The van der Waals surface area contributed by atoms with E-state index in [-0.39, 0.29) is 0 Å². The molecule has 88 valence electrons. The minimum absolute atomic E-state index is 0.658. The Morgan fingerprint density at radius 3 is 2.75 bits per heavy atom. The summed E-state index contributed by atoms with van der Waals surface area (Å²) < 4.78 is 0. The van der Waals surface area contributed by atoms with Crippen molar-refractivity contribution in [1.82, 2.24) is 4.90 Å². The zero-order chi connectivity index (χ0) is 11.5. The van der Waals surface area contributed by atoms with Gasteiger partial charge in [-0.1, -0.05) is 26.0 Å². The van der Waals surface area contributed by atoms with Gasteiger partial charge >= 0.3 is 0 Å². The van der Waals surface area contributed by atoms with Crippen molar-refractivity contribution in [3.05, 3.63) is 29.3 Å². The minimum atomic E-state index is 0.658. The predicted molar refractivity (Wildman–Crippen MR) is 70.1 cm³/mol. The Morgan fingerprint density at radius 2 is 2.06 bits per heavy atom. The van der Waals surface area contributed by atoms with Gasteiger partial charge < -0.3 is 5.32 Å². The van der Waals surface area contributed by atoms with E-state index in [9.17, 15) is 0 Å². The maximum absolute atomic E-state index is 3.56. The first-order valence-electron chi connectivity index (χ1n) is 6.32. The maximum atomic E-state index is 3.56. The van der Waals surface area contributed by atoms with Crippen molar-refractivity contribution in [3.63, 3.8) is 0 Å². The predicted octanol–water partition coefficient (Wildman–Crippen LogP) is 2.67. The van der Waals surface area contributed by atoms with Gasteiger partial charge in [-0.15, -0.1) is 0 Å². The van der Waals surface area contributed by atoms with Gasteiger partial charge in [0.15, 0.2) is 0 Å². The molecule has 1 N–H and O–H groups in total. The van der Waals surface area contributed by atoms with Gasteiger partial charge in [0.05, 0.1) is 0 Å². The number of nitrogens with one attached hydrogen (secondary N) is 1. The molecule has 0 bridgehead atoms. The smallest absolute Gasteiger partial charge is 0.0376 e. The van der Waals surface area contributed by atoms with Crippen LogP contribution < -0.4 is 5.32 Å². The molecular weight excluding hydrogens is 196 g/mol. The molecule has 0 saturated carbocycles. The number of likely N-dealkylation sites (N-methyl/N-ethyl adjacent to an activating group) is 1. The van der Waals surface area contributed by atoms with Crippen molar-refractivity contribution in [1.29, 1.82) is 0 Å². The topological polar surface area (TPSA) is 15.3 Å².